The number of ether oxygens (including phenoxy) is 2. The molecule has 0 bridgehead atoms. The smallest absolute Gasteiger partial charge is 0.294 e. The Hall–Kier alpha value is -2.27. The monoisotopic (exact) mass is 568 g/mol. The van der Waals surface area contributed by atoms with E-state index >= 15 is 0 Å². The lowest BCUT2D eigenvalue weighted by atomic mass is 10.1. The fourth-order valence-corrected chi connectivity index (χ4v) is 7.03. The molecule has 1 aromatic heterocycles. The summed E-state index contributed by atoms with van der Waals surface area (Å²) in [6.07, 6.45) is 8.92. The summed E-state index contributed by atoms with van der Waals surface area (Å²) < 4.78 is 41.1. The minimum absolute atomic E-state index is 0.00900. The molecule has 0 atom stereocenters. The van der Waals surface area contributed by atoms with Crippen LogP contribution < -0.4 is 9.47 Å². The highest BCUT2D eigenvalue weighted by Gasteiger charge is 2.34. The zero-order valence-corrected chi connectivity index (χ0v) is 23.4. The molecule has 1 aliphatic rings. The number of unbranched alkanes of at least 4 members (excludes halogenated alkanes) is 4. The molecular formula is C25H29ClN2O5S3. The lowest BCUT2D eigenvalue weighted by Crippen LogP contribution is -2.29. The Morgan fingerprint density at radius 3 is 2.58 bits per heavy atom. The van der Waals surface area contributed by atoms with Gasteiger partial charge in [-0.1, -0.05) is 56.4 Å². The van der Waals surface area contributed by atoms with E-state index in [0.717, 1.165) is 35.9 Å². The van der Waals surface area contributed by atoms with Gasteiger partial charge in [0.05, 0.1) is 23.0 Å². The minimum atomic E-state index is -4.02. The largest absolute Gasteiger partial charge is 0.493 e. The van der Waals surface area contributed by atoms with Crippen molar-refractivity contribution in [2.75, 3.05) is 20.3 Å². The molecule has 1 aromatic carbocycles. The number of thioether (sulfide) groups is 1. The molecule has 1 amide bonds. The maximum absolute atomic E-state index is 13.0. The summed E-state index contributed by atoms with van der Waals surface area (Å²) in [5.41, 5.74) is 0.714. The second-order valence-electron chi connectivity index (χ2n) is 7.90. The molecular weight excluding hydrogens is 540 g/mol. The second-order valence-corrected chi connectivity index (χ2v) is 12.5. The first kappa shape index (κ1) is 28.3. The van der Waals surface area contributed by atoms with E-state index < -0.39 is 10.0 Å². The number of amides is 1. The average molecular weight is 569 g/mol. The third-order valence-corrected chi connectivity index (χ3v) is 9.28. The van der Waals surface area contributed by atoms with Gasteiger partial charge in [-0.15, -0.1) is 22.3 Å². The zero-order valence-electron chi connectivity index (χ0n) is 20.2. The lowest BCUT2D eigenvalue weighted by Gasteiger charge is -2.12. The van der Waals surface area contributed by atoms with Crippen molar-refractivity contribution in [3.63, 3.8) is 0 Å². The first-order valence-electron chi connectivity index (χ1n) is 11.5. The fraction of sp³-hybridized carbons (Fsp3) is 0.360. The summed E-state index contributed by atoms with van der Waals surface area (Å²) in [5, 5.41) is 0.0608. The molecule has 7 nitrogen and oxygen atoms in total. The molecule has 36 heavy (non-hydrogen) atoms. The van der Waals surface area contributed by atoms with Crippen molar-refractivity contribution >= 4 is 61.9 Å². The average Bonchev–Trinajstić information content (AvgIpc) is 3.41. The fourth-order valence-electron chi connectivity index (χ4n) is 3.38. The van der Waals surface area contributed by atoms with Crippen LogP contribution in [-0.4, -0.2) is 44.7 Å². The van der Waals surface area contributed by atoms with Gasteiger partial charge < -0.3 is 9.47 Å². The molecule has 3 rings (SSSR count). The Morgan fingerprint density at radius 2 is 1.92 bits per heavy atom. The summed E-state index contributed by atoms with van der Waals surface area (Å²) in [5.74, 6) is 0.837. The van der Waals surface area contributed by atoms with Gasteiger partial charge in [0.1, 0.15) is 4.21 Å². The third-order valence-electron chi connectivity index (χ3n) is 5.19. The van der Waals surface area contributed by atoms with Crippen LogP contribution in [-0.2, 0) is 14.8 Å². The van der Waals surface area contributed by atoms with Gasteiger partial charge in [0, 0.05) is 6.54 Å². The Morgan fingerprint density at radius 1 is 1.14 bits per heavy atom. The van der Waals surface area contributed by atoms with E-state index in [1.165, 1.54) is 42.4 Å². The highest BCUT2D eigenvalue weighted by molar-refractivity contribution is 8.19. The zero-order chi connectivity index (χ0) is 26.1. The molecule has 0 radical (unpaired) electrons. The molecule has 0 saturated carbocycles. The third kappa shape index (κ3) is 7.38. The van der Waals surface area contributed by atoms with Gasteiger partial charge >= 0.3 is 0 Å². The Bertz CT molecular complexity index is 1250. The van der Waals surface area contributed by atoms with Crippen LogP contribution in [0.5, 0.6) is 11.5 Å². The van der Waals surface area contributed by atoms with E-state index in [-0.39, 0.29) is 21.8 Å². The Balaban J connectivity index is 1.79. The number of halogens is 1. The molecule has 0 aliphatic carbocycles. The summed E-state index contributed by atoms with van der Waals surface area (Å²) in [6, 6.07) is 8.30. The molecule has 0 N–H and O–H groups in total. The van der Waals surface area contributed by atoms with Crippen LogP contribution in [0.2, 0.25) is 4.34 Å². The normalized spacial score (nSPS) is 16.2. The quantitative estimate of drug-likeness (QED) is 0.154. The van der Waals surface area contributed by atoms with Crippen molar-refractivity contribution < 1.29 is 22.7 Å². The van der Waals surface area contributed by atoms with Crippen LogP contribution in [0, 0.1) is 0 Å². The molecule has 1 saturated heterocycles. The minimum Gasteiger partial charge on any atom is -0.493 e. The molecule has 194 valence electrons. The van der Waals surface area contributed by atoms with E-state index in [1.54, 1.807) is 19.3 Å². The van der Waals surface area contributed by atoms with Crippen LogP contribution in [0.15, 0.2) is 56.5 Å². The summed E-state index contributed by atoms with van der Waals surface area (Å²) in [7, 11) is -2.45. The number of hydrogen-bond donors (Lipinski definition) is 0. The van der Waals surface area contributed by atoms with E-state index in [1.807, 2.05) is 12.1 Å². The molecule has 0 unspecified atom stereocenters. The van der Waals surface area contributed by atoms with E-state index in [0.29, 0.717) is 32.9 Å². The van der Waals surface area contributed by atoms with Gasteiger partial charge in [-0.05, 0) is 54.1 Å². The number of nitrogens with zero attached hydrogens (tertiary/aromatic N) is 2. The first-order valence-corrected chi connectivity index (χ1v) is 15.0. The molecule has 1 fully saturated rings. The van der Waals surface area contributed by atoms with Crippen molar-refractivity contribution in [3.05, 3.63) is 57.8 Å². The number of sulfonamides is 1. The standard InChI is InChI=1S/C25H29ClN2O5S3/c1-4-6-7-8-9-15-33-19-11-10-18(16-20(19)32-3)17-21-24(29)28(14-5-2)25(34-21)27-36(30,31)23-13-12-22(26)35-23/h5,10-13,16-17H,2,4,6-9,14-15H2,1,3H3. The van der Waals surface area contributed by atoms with Crippen molar-refractivity contribution in [2.45, 2.75) is 43.2 Å². The topological polar surface area (TPSA) is 85.3 Å². The first-order chi connectivity index (χ1) is 17.3. The predicted octanol–water partition coefficient (Wildman–Crippen LogP) is 6.61. The number of rotatable bonds is 13. The number of carbonyl (C=O) groups is 1. The maximum atomic E-state index is 13.0. The molecule has 2 heterocycles. The number of carbonyl (C=O) groups excluding carboxylic acids is 1. The summed E-state index contributed by atoms with van der Waals surface area (Å²) in [4.78, 5) is 14.7. The SMILES string of the molecule is C=CCN1C(=O)C(=Cc2ccc(OCCCCCCC)c(OC)c2)SC1=NS(=O)(=O)c1ccc(Cl)s1. The number of hydrogen-bond acceptors (Lipinski definition) is 7. The van der Waals surface area contributed by atoms with Crippen LogP contribution in [0.3, 0.4) is 0 Å². The van der Waals surface area contributed by atoms with Crippen molar-refractivity contribution in [2.24, 2.45) is 4.40 Å². The van der Waals surface area contributed by atoms with Crippen LogP contribution >= 0.6 is 34.7 Å². The number of amidine groups is 1. The Labute approximate surface area is 225 Å². The second kappa shape index (κ2) is 13.3. The van der Waals surface area contributed by atoms with Crippen LogP contribution in [0.4, 0.5) is 0 Å². The van der Waals surface area contributed by atoms with Gasteiger partial charge in [0.25, 0.3) is 15.9 Å². The number of benzene rings is 1. The van der Waals surface area contributed by atoms with Gasteiger partial charge in [-0.3, -0.25) is 9.69 Å². The highest BCUT2D eigenvalue weighted by atomic mass is 35.5. The van der Waals surface area contributed by atoms with E-state index in [4.69, 9.17) is 21.1 Å². The van der Waals surface area contributed by atoms with Crippen molar-refractivity contribution in [1.82, 2.24) is 4.90 Å². The van der Waals surface area contributed by atoms with Gasteiger partial charge in [0.15, 0.2) is 16.7 Å². The van der Waals surface area contributed by atoms with E-state index in [9.17, 15) is 13.2 Å². The molecule has 11 heteroatoms. The van der Waals surface area contributed by atoms with Crippen LogP contribution in [0.1, 0.15) is 44.6 Å². The summed E-state index contributed by atoms with van der Waals surface area (Å²) >= 11 is 7.78. The predicted molar refractivity (Wildman–Crippen MR) is 149 cm³/mol. The van der Waals surface area contributed by atoms with Crippen molar-refractivity contribution in [1.29, 1.82) is 0 Å². The molecule has 0 spiro atoms. The number of methoxy groups -OCH3 is 1. The van der Waals surface area contributed by atoms with E-state index in [2.05, 4.69) is 17.9 Å². The molecule has 1 aliphatic heterocycles. The Kier molecular flexibility index (Phi) is 10.5. The highest BCUT2D eigenvalue weighted by Crippen LogP contribution is 2.36. The number of thiophene rings is 1. The van der Waals surface area contributed by atoms with Gasteiger partial charge in [-0.2, -0.15) is 8.42 Å². The summed E-state index contributed by atoms with van der Waals surface area (Å²) in [6.45, 7) is 6.58. The lowest BCUT2D eigenvalue weighted by molar-refractivity contribution is -0.121. The van der Waals surface area contributed by atoms with Gasteiger partial charge in [0.2, 0.25) is 0 Å². The van der Waals surface area contributed by atoms with Gasteiger partial charge in [-0.25, -0.2) is 0 Å². The molecule has 2 aromatic rings. The van der Waals surface area contributed by atoms with Crippen molar-refractivity contribution in [3.8, 4) is 11.5 Å². The maximum Gasteiger partial charge on any atom is 0.294 e. The van der Waals surface area contributed by atoms with Crippen LogP contribution in [0.25, 0.3) is 6.08 Å².